The summed E-state index contributed by atoms with van der Waals surface area (Å²) in [5.74, 6) is -1.15. The number of anilines is 1. The average Bonchev–Trinajstić information content (AvgIpc) is 2.75. The molecular weight excluding hydrogens is 366 g/mol. The van der Waals surface area contributed by atoms with Crippen LogP contribution in [0.5, 0.6) is 5.75 Å². The van der Waals surface area contributed by atoms with E-state index in [-0.39, 0.29) is 23.7 Å². The molecule has 2 rings (SSSR count). The molecule has 0 aliphatic carbocycles. The van der Waals surface area contributed by atoms with Crippen LogP contribution in [0.3, 0.4) is 0 Å². The first-order chi connectivity index (χ1) is 14.0. The van der Waals surface area contributed by atoms with E-state index < -0.39 is 11.9 Å². The van der Waals surface area contributed by atoms with E-state index in [4.69, 9.17) is 4.74 Å². The SMILES string of the molecule is CCCCC(COC(=O)c1ccccc1)C(=O)c1ccc(N(CC)CC)cc1O. The molecule has 0 aromatic heterocycles. The highest BCUT2D eigenvalue weighted by Crippen LogP contribution is 2.28. The number of carbonyl (C=O) groups is 2. The zero-order valence-corrected chi connectivity index (χ0v) is 17.6. The lowest BCUT2D eigenvalue weighted by Crippen LogP contribution is -2.24. The first kappa shape index (κ1) is 22.5. The van der Waals surface area contributed by atoms with E-state index in [1.54, 1.807) is 36.4 Å². The summed E-state index contributed by atoms with van der Waals surface area (Å²) in [4.78, 5) is 27.4. The number of carbonyl (C=O) groups excluding carboxylic acids is 2. The average molecular weight is 398 g/mol. The Balaban J connectivity index is 2.14. The second kappa shape index (κ2) is 11.2. The van der Waals surface area contributed by atoms with E-state index in [2.05, 4.69) is 4.90 Å². The Hall–Kier alpha value is -2.82. The molecule has 0 heterocycles. The standard InChI is InChI=1S/C24H31NO4/c1-4-7-11-19(17-29-24(28)18-12-9-8-10-13-18)23(27)21-15-14-20(16-22(21)26)25(5-2)6-3/h8-10,12-16,19,26H,4-7,11,17H2,1-3H3. The lowest BCUT2D eigenvalue weighted by atomic mass is 9.92. The van der Waals surface area contributed by atoms with Gasteiger partial charge < -0.3 is 14.7 Å². The van der Waals surface area contributed by atoms with Crippen molar-refractivity contribution in [3.8, 4) is 5.75 Å². The van der Waals surface area contributed by atoms with E-state index in [9.17, 15) is 14.7 Å². The van der Waals surface area contributed by atoms with Gasteiger partial charge in [-0.1, -0.05) is 38.0 Å². The van der Waals surface area contributed by atoms with Gasteiger partial charge in [0.1, 0.15) is 12.4 Å². The van der Waals surface area contributed by atoms with Crippen LogP contribution in [0.1, 0.15) is 60.7 Å². The predicted molar refractivity (Wildman–Crippen MR) is 116 cm³/mol. The van der Waals surface area contributed by atoms with Gasteiger partial charge in [0, 0.05) is 24.8 Å². The number of hydrogen-bond donors (Lipinski definition) is 1. The molecule has 29 heavy (non-hydrogen) atoms. The lowest BCUT2D eigenvalue weighted by molar-refractivity contribution is 0.0422. The van der Waals surface area contributed by atoms with Gasteiger partial charge in [-0.3, -0.25) is 4.79 Å². The number of ketones is 1. The molecule has 5 nitrogen and oxygen atoms in total. The highest BCUT2D eigenvalue weighted by molar-refractivity contribution is 6.01. The zero-order valence-electron chi connectivity index (χ0n) is 17.6. The second-order valence-electron chi connectivity index (χ2n) is 7.04. The van der Waals surface area contributed by atoms with Crippen molar-refractivity contribution in [1.82, 2.24) is 0 Å². The molecule has 2 aromatic rings. The molecule has 156 valence electrons. The Kier molecular flexibility index (Phi) is 8.71. The van der Waals surface area contributed by atoms with Gasteiger partial charge in [0.05, 0.1) is 17.0 Å². The van der Waals surface area contributed by atoms with Gasteiger partial charge in [-0.25, -0.2) is 4.79 Å². The molecule has 1 N–H and O–H groups in total. The van der Waals surface area contributed by atoms with Gasteiger partial charge in [0.2, 0.25) is 0 Å². The summed E-state index contributed by atoms with van der Waals surface area (Å²) in [7, 11) is 0. The molecular formula is C24H31NO4. The summed E-state index contributed by atoms with van der Waals surface area (Å²) in [5, 5.41) is 10.5. The van der Waals surface area contributed by atoms with Gasteiger partial charge in [0.15, 0.2) is 5.78 Å². The molecule has 0 radical (unpaired) electrons. The minimum Gasteiger partial charge on any atom is -0.507 e. The van der Waals surface area contributed by atoms with Crippen molar-refractivity contribution >= 4 is 17.4 Å². The summed E-state index contributed by atoms with van der Waals surface area (Å²) in [6.45, 7) is 7.77. The normalized spacial score (nSPS) is 11.7. The maximum Gasteiger partial charge on any atom is 0.338 e. The number of nitrogens with zero attached hydrogens (tertiary/aromatic N) is 1. The van der Waals surface area contributed by atoms with Gasteiger partial charge in [-0.15, -0.1) is 0 Å². The van der Waals surface area contributed by atoms with Crippen molar-refractivity contribution in [2.24, 2.45) is 5.92 Å². The topological polar surface area (TPSA) is 66.8 Å². The predicted octanol–water partition coefficient (Wildman–Crippen LogP) is 5.08. The van der Waals surface area contributed by atoms with Crippen molar-refractivity contribution < 1.29 is 19.4 Å². The summed E-state index contributed by atoms with van der Waals surface area (Å²) in [6, 6.07) is 13.9. The molecule has 0 amide bonds. The summed E-state index contributed by atoms with van der Waals surface area (Å²) < 4.78 is 5.42. The van der Waals surface area contributed by atoms with Crippen LogP contribution < -0.4 is 4.90 Å². The third-order valence-corrected chi connectivity index (χ3v) is 5.08. The van der Waals surface area contributed by atoms with Crippen LogP contribution in [0.2, 0.25) is 0 Å². The fourth-order valence-electron chi connectivity index (χ4n) is 3.31. The molecule has 1 atom stereocenters. The van der Waals surface area contributed by atoms with Crippen LogP contribution in [0.4, 0.5) is 5.69 Å². The smallest absolute Gasteiger partial charge is 0.338 e. The minimum atomic E-state index is -0.479. The number of unbranched alkanes of at least 4 members (excludes halogenated alkanes) is 1. The molecule has 1 unspecified atom stereocenters. The highest BCUT2D eigenvalue weighted by atomic mass is 16.5. The number of ether oxygens (including phenoxy) is 1. The van der Waals surface area contributed by atoms with Crippen LogP contribution in [0.15, 0.2) is 48.5 Å². The Morgan fingerprint density at radius 3 is 2.31 bits per heavy atom. The van der Waals surface area contributed by atoms with E-state index in [1.165, 1.54) is 0 Å². The number of hydrogen-bond acceptors (Lipinski definition) is 5. The van der Waals surface area contributed by atoms with Gasteiger partial charge in [-0.2, -0.15) is 0 Å². The first-order valence-corrected chi connectivity index (χ1v) is 10.4. The third kappa shape index (κ3) is 6.08. The minimum absolute atomic E-state index is 0.00377. The van der Waals surface area contributed by atoms with Gasteiger partial charge in [0.25, 0.3) is 0 Å². The number of esters is 1. The highest BCUT2D eigenvalue weighted by Gasteiger charge is 2.24. The van der Waals surface area contributed by atoms with Crippen LogP contribution in [-0.4, -0.2) is 36.6 Å². The van der Waals surface area contributed by atoms with Crippen LogP contribution in [0, 0.1) is 5.92 Å². The molecule has 2 aromatic carbocycles. The number of phenols is 1. The number of aromatic hydroxyl groups is 1. The first-order valence-electron chi connectivity index (χ1n) is 10.4. The number of phenolic OH excluding ortho intramolecular Hbond substituents is 1. The van der Waals surface area contributed by atoms with Crippen molar-refractivity contribution in [3.63, 3.8) is 0 Å². The summed E-state index contributed by atoms with van der Waals surface area (Å²) in [5.41, 5.74) is 1.61. The fraction of sp³-hybridized carbons (Fsp3) is 0.417. The van der Waals surface area contributed by atoms with Crippen molar-refractivity contribution in [2.75, 3.05) is 24.6 Å². The largest absolute Gasteiger partial charge is 0.507 e. The molecule has 5 heteroatoms. The lowest BCUT2D eigenvalue weighted by Gasteiger charge is -2.22. The third-order valence-electron chi connectivity index (χ3n) is 5.08. The van der Waals surface area contributed by atoms with Crippen molar-refractivity contribution in [1.29, 1.82) is 0 Å². The van der Waals surface area contributed by atoms with Crippen LogP contribution in [0.25, 0.3) is 0 Å². The Morgan fingerprint density at radius 2 is 1.72 bits per heavy atom. The van der Waals surface area contributed by atoms with Gasteiger partial charge >= 0.3 is 5.97 Å². The molecule has 0 fully saturated rings. The Morgan fingerprint density at radius 1 is 1.03 bits per heavy atom. The number of benzene rings is 2. The van der Waals surface area contributed by atoms with E-state index >= 15 is 0 Å². The Bertz CT molecular complexity index is 800. The molecule has 0 spiro atoms. The maximum absolute atomic E-state index is 13.1. The summed E-state index contributed by atoms with van der Waals surface area (Å²) >= 11 is 0. The van der Waals surface area contributed by atoms with Crippen molar-refractivity contribution in [2.45, 2.75) is 40.0 Å². The van der Waals surface area contributed by atoms with E-state index in [1.807, 2.05) is 32.9 Å². The molecule has 0 aliphatic heterocycles. The number of Topliss-reactive ketones (excluding diaryl/α,β-unsaturated/α-hetero) is 1. The van der Waals surface area contributed by atoms with E-state index in [0.717, 1.165) is 31.6 Å². The monoisotopic (exact) mass is 397 g/mol. The Labute approximate surface area is 173 Å². The van der Waals surface area contributed by atoms with Crippen molar-refractivity contribution in [3.05, 3.63) is 59.7 Å². The molecule has 0 aliphatic rings. The maximum atomic E-state index is 13.1. The molecule has 0 saturated heterocycles. The molecule has 0 saturated carbocycles. The summed E-state index contributed by atoms with van der Waals surface area (Å²) in [6.07, 6.45) is 2.38. The van der Waals surface area contributed by atoms with Crippen LogP contribution in [-0.2, 0) is 4.74 Å². The second-order valence-corrected chi connectivity index (χ2v) is 7.04. The van der Waals surface area contributed by atoms with Gasteiger partial charge in [-0.05, 0) is 44.5 Å². The van der Waals surface area contributed by atoms with Crippen LogP contribution >= 0.6 is 0 Å². The van der Waals surface area contributed by atoms with E-state index in [0.29, 0.717) is 12.0 Å². The fourth-order valence-corrected chi connectivity index (χ4v) is 3.31. The number of rotatable bonds is 11. The zero-order chi connectivity index (χ0) is 21.2. The quantitative estimate of drug-likeness (QED) is 0.423. The molecule has 0 bridgehead atoms.